The van der Waals surface area contributed by atoms with Crippen LogP contribution in [0.25, 0.3) is 0 Å². The van der Waals surface area contributed by atoms with Gasteiger partial charge in [0.1, 0.15) is 0 Å². The van der Waals surface area contributed by atoms with E-state index in [0.29, 0.717) is 12.5 Å². The zero-order valence-corrected chi connectivity index (χ0v) is 13.0. The molecule has 0 saturated heterocycles. The van der Waals surface area contributed by atoms with Gasteiger partial charge in [-0.05, 0) is 67.5 Å². The van der Waals surface area contributed by atoms with Crippen molar-refractivity contribution in [3.05, 3.63) is 69.8 Å². The smallest absolute Gasteiger partial charge is 0.00109 e. The lowest BCUT2D eigenvalue weighted by molar-refractivity contribution is 0.773. The Morgan fingerprint density at radius 3 is 2.00 bits per heavy atom. The first-order valence-corrected chi connectivity index (χ1v) is 7.37. The van der Waals surface area contributed by atoms with Crippen LogP contribution in [0.3, 0.4) is 0 Å². The van der Waals surface area contributed by atoms with E-state index in [1.165, 1.54) is 33.4 Å². The summed E-state index contributed by atoms with van der Waals surface area (Å²) >= 11 is 0. The SMILES string of the molecule is Cc1cc(C)c(Cc2ccc(C(C)CN)cc2)c(C)c1. The minimum absolute atomic E-state index is 0.437. The first-order chi connectivity index (χ1) is 9.51. The summed E-state index contributed by atoms with van der Waals surface area (Å²) in [7, 11) is 0. The minimum Gasteiger partial charge on any atom is -0.330 e. The van der Waals surface area contributed by atoms with Gasteiger partial charge in [0, 0.05) is 0 Å². The van der Waals surface area contributed by atoms with Crippen LogP contribution in [-0.4, -0.2) is 6.54 Å². The molecule has 0 radical (unpaired) electrons. The molecule has 2 aromatic rings. The van der Waals surface area contributed by atoms with Gasteiger partial charge in [-0.2, -0.15) is 0 Å². The van der Waals surface area contributed by atoms with E-state index in [2.05, 4.69) is 64.1 Å². The molecule has 0 aliphatic carbocycles. The van der Waals surface area contributed by atoms with E-state index in [1.807, 2.05) is 0 Å². The molecule has 0 saturated carbocycles. The number of aryl methyl sites for hydroxylation is 3. The second kappa shape index (κ2) is 6.23. The van der Waals surface area contributed by atoms with Gasteiger partial charge in [-0.1, -0.05) is 48.9 Å². The summed E-state index contributed by atoms with van der Waals surface area (Å²) < 4.78 is 0. The number of rotatable bonds is 4. The maximum absolute atomic E-state index is 5.72. The monoisotopic (exact) mass is 267 g/mol. The molecule has 2 N–H and O–H groups in total. The summed E-state index contributed by atoms with van der Waals surface area (Å²) in [6.07, 6.45) is 1.01. The predicted molar refractivity (Wildman–Crippen MR) is 87.4 cm³/mol. The van der Waals surface area contributed by atoms with Crippen molar-refractivity contribution in [1.29, 1.82) is 0 Å². The van der Waals surface area contributed by atoms with E-state index < -0.39 is 0 Å². The minimum atomic E-state index is 0.437. The molecule has 1 heteroatoms. The van der Waals surface area contributed by atoms with Crippen molar-refractivity contribution < 1.29 is 0 Å². The van der Waals surface area contributed by atoms with Crippen LogP contribution in [0.15, 0.2) is 36.4 Å². The van der Waals surface area contributed by atoms with Crippen molar-refractivity contribution in [2.75, 3.05) is 6.54 Å². The molecule has 2 rings (SSSR count). The number of nitrogens with two attached hydrogens (primary N) is 1. The summed E-state index contributed by atoms with van der Waals surface area (Å²) in [5, 5.41) is 0. The second-order valence-electron chi connectivity index (χ2n) is 5.93. The van der Waals surface area contributed by atoms with Crippen LogP contribution >= 0.6 is 0 Å². The highest BCUT2D eigenvalue weighted by Gasteiger charge is 2.07. The molecule has 20 heavy (non-hydrogen) atoms. The van der Waals surface area contributed by atoms with Gasteiger partial charge in [0.05, 0.1) is 0 Å². The Hall–Kier alpha value is -1.60. The van der Waals surface area contributed by atoms with Crippen molar-refractivity contribution in [3.8, 4) is 0 Å². The average molecular weight is 267 g/mol. The lowest BCUT2D eigenvalue weighted by Gasteiger charge is -2.13. The molecule has 0 aromatic heterocycles. The molecule has 0 amide bonds. The van der Waals surface area contributed by atoms with Gasteiger partial charge in [-0.15, -0.1) is 0 Å². The van der Waals surface area contributed by atoms with E-state index >= 15 is 0 Å². The third-order valence-corrected chi connectivity index (χ3v) is 4.12. The van der Waals surface area contributed by atoms with Crippen LogP contribution in [-0.2, 0) is 6.42 Å². The van der Waals surface area contributed by atoms with E-state index in [9.17, 15) is 0 Å². The van der Waals surface area contributed by atoms with Gasteiger partial charge in [0.25, 0.3) is 0 Å². The van der Waals surface area contributed by atoms with Gasteiger partial charge in [-0.3, -0.25) is 0 Å². The van der Waals surface area contributed by atoms with Crippen molar-refractivity contribution in [1.82, 2.24) is 0 Å². The van der Waals surface area contributed by atoms with Crippen LogP contribution in [0.4, 0.5) is 0 Å². The van der Waals surface area contributed by atoms with Crippen LogP contribution in [0.1, 0.15) is 46.2 Å². The largest absolute Gasteiger partial charge is 0.330 e. The molecule has 1 nitrogen and oxygen atoms in total. The fourth-order valence-corrected chi connectivity index (χ4v) is 2.79. The zero-order chi connectivity index (χ0) is 14.7. The van der Waals surface area contributed by atoms with Crippen LogP contribution in [0.2, 0.25) is 0 Å². The van der Waals surface area contributed by atoms with E-state index in [-0.39, 0.29) is 0 Å². The standard InChI is InChI=1S/C19H25N/c1-13-9-14(2)19(15(3)10-13)11-17-5-7-18(8-6-17)16(4)12-20/h5-10,16H,11-12,20H2,1-4H3. The van der Waals surface area contributed by atoms with Crippen molar-refractivity contribution in [2.24, 2.45) is 5.73 Å². The summed E-state index contributed by atoms with van der Waals surface area (Å²) in [6.45, 7) is 9.45. The highest BCUT2D eigenvalue weighted by molar-refractivity contribution is 5.41. The summed E-state index contributed by atoms with van der Waals surface area (Å²) in [6, 6.07) is 13.4. The molecule has 106 valence electrons. The molecule has 1 unspecified atom stereocenters. The van der Waals surface area contributed by atoms with Crippen molar-refractivity contribution >= 4 is 0 Å². The zero-order valence-electron chi connectivity index (χ0n) is 13.0. The average Bonchev–Trinajstić information content (AvgIpc) is 2.42. The molecule has 0 heterocycles. The molecular formula is C19H25N. The first-order valence-electron chi connectivity index (χ1n) is 7.37. The highest BCUT2D eigenvalue weighted by atomic mass is 14.5. The number of hydrogen-bond acceptors (Lipinski definition) is 1. The molecule has 0 aliphatic rings. The summed E-state index contributed by atoms with van der Waals surface area (Å²) in [4.78, 5) is 0. The van der Waals surface area contributed by atoms with Gasteiger partial charge < -0.3 is 5.73 Å². The third-order valence-electron chi connectivity index (χ3n) is 4.12. The van der Waals surface area contributed by atoms with E-state index in [1.54, 1.807) is 0 Å². The number of hydrogen-bond donors (Lipinski definition) is 1. The fourth-order valence-electron chi connectivity index (χ4n) is 2.79. The van der Waals surface area contributed by atoms with E-state index in [4.69, 9.17) is 5.73 Å². The Labute approximate surface area is 122 Å². The second-order valence-corrected chi connectivity index (χ2v) is 5.93. The van der Waals surface area contributed by atoms with Gasteiger partial charge >= 0.3 is 0 Å². The molecule has 0 bridgehead atoms. The molecule has 0 aliphatic heterocycles. The predicted octanol–water partition coefficient (Wildman–Crippen LogP) is 4.26. The van der Waals surface area contributed by atoms with Crippen molar-refractivity contribution in [2.45, 2.75) is 40.0 Å². The Morgan fingerprint density at radius 2 is 1.50 bits per heavy atom. The fraction of sp³-hybridized carbons (Fsp3) is 0.368. The molecule has 0 spiro atoms. The lowest BCUT2D eigenvalue weighted by Crippen LogP contribution is -2.08. The van der Waals surface area contributed by atoms with Crippen LogP contribution in [0.5, 0.6) is 0 Å². The normalized spacial score (nSPS) is 12.4. The topological polar surface area (TPSA) is 26.0 Å². The molecule has 2 aromatic carbocycles. The Kier molecular flexibility index (Phi) is 4.61. The lowest BCUT2D eigenvalue weighted by atomic mass is 9.93. The highest BCUT2D eigenvalue weighted by Crippen LogP contribution is 2.21. The number of benzene rings is 2. The van der Waals surface area contributed by atoms with Gasteiger partial charge in [-0.25, -0.2) is 0 Å². The first kappa shape index (κ1) is 14.8. The Morgan fingerprint density at radius 1 is 0.950 bits per heavy atom. The maximum atomic E-state index is 5.72. The summed E-state index contributed by atoms with van der Waals surface area (Å²) in [5.41, 5.74) is 14.0. The molecule has 0 fully saturated rings. The molecular weight excluding hydrogens is 242 g/mol. The third kappa shape index (κ3) is 3.29. The maximum Gasteiger partial charge on any atom is -0.00109 e. The van der Waals surface area contributed by atoms with Gasteiger partial charge in [0.15, 0.2) is 0 Å². The van der Waals surface area contributed by atoms with Gasteiger partial charge in [0.2, 0.25) is 0 Å². The Balaban J connectivity index is 2.23. The van der Waals surface area contributed by atoms with E-state index in [0.717, 1.165) is 6.42 Å². The Bertz CT molecular complexity index is 558. The van der Waals surface area contributed by atoms with Crippen LogP contribution in [0, 0.1) is 20.8 Å². The molecule has 1 atom stereocenters. The quantitative estimate of drug-likeness (QED) is 0.880. The van der Waals surface area contributed by atoms with Crippen LogP contribution < -0.4 is 5.73 Å². The van der Waals surface area contributed by atoms with Crippen molar-refractivity contribution in [3.63, 3.8) is 0 Å². The summed E-state index contributed by atoms with van der Waals surface area (Å²) in [5.74, 6) is 0.437.